The quantitative estimate of drug-likeness (QED) is 0.127. The van der Waals surface area contributed by atoms with Crippen LogP contribution >= 0.6 is 0 Å². The van der Waals surface area contributed by atoms with Crippen LogP contribution in [-0.4, -0.2) is 43.6 Å². The number of para-hydroxylation sites is 3. The van der Waals surface area contributed by atoms with Crippen molar-refractivity contribution >= 4 is 174 Å². The molecule has 0 saturated carbocycles. The topological polar surface area (TPSA) is 92.1 Å². The van der Waals surface area contributed by atoms with E-state index in [4.69, 9.17) is 29.9 Å². The van der Waals surface area contributed by atoms with Gasteiger partial charge in [0.15, 0.2) is 0 Å². The summed E-state index contributed by atoms with van der Waals surface area (Å²) in [5, 5.41) is 24.0. The Labute approximate surface area is 818 Å². The number of benzene rings is 23. The molecule has 6 heterocycles. The minimum absolute atomic E-state index is 0.941. The summed E-state index contributed by atoms with van der Waals surface area (Å²) in [7, 11) is 0. The Hall–Kier alpha value is -18.7. The smallest absolute Gasteiger partial charge is 0.0971 e. The predicted molar refractivity (Wildman–Crippen MR) is 596 cm³/mol. The Bertz CT molecular complexity index is 10100. The first kappa shape index (κ1) is 82.7. The van der Waals surface area contributed by atoms with Crippen molar-refractivity contribution in [1.82, 2.24) is 43.6 Å². The van der Waals surface area contributed by atoms with Gasteiger partial charge in [0.05, 0.1) is 77.6 Å². The second-order valence-electron chi connectivity index (χ2n) is 37.3. The van der Waals surface area contributed by atoms with Gasteiger partial charge in [-0.15, -0.1) is 0 Å². The van der Waals surface area contributed by atoms with Crippen molar-refractivity contribution in [2.24, 2.45) is 0 Å². The summed E-state index contributed by atoms with van der Waals surface area (Å²) in [5.41, 5.74) is 37.2. The normalized spacial score (nSPS) is 11.8. The molecular formula is C133H87N9. The molecule has 0 aliphatic rings. The number of hydrogen-bond donors (Lipinski definition) is 0. The van der Waals surface area contributed by atoms with Gasteiger partial charge in [0.1, 0.15) is 0 Å². The zero-order valence-corrected chi connectivity index (χ0v) is 78.1. The molecule has 0 unspecified atom stereocenters. The number of fused-ring (bicyclic) bond motifs is 28. The van der Waals surface area contributed by atoms with E-state index in [1.807, 2.05) is 0 Å². The summed E-state index contributed by atoms with van der Waals surface area (Å²) in [6, 6.07) is 159. The summed E-state index contributed by atoms with van der Waals surface area (Å²) >= 11 is 0. The molecule has 0 aliphatic heterocycles. The van der Waals surface area contributed by atoms with Crippen LogP contribution in [0.2, 0.25) is 0 Å². The van der Waals surface area contributed by atoms with E-state index in [0.717, 1.165) is 71.1 Å². The van der Waals surface area contributed by atoms with Crippen molar-refractivity contribution in [3.05, 3.63) is 491 Å². The third-order valence-electron chi connectivity index (χ3n) is 29.0. The van der Waals surface area contributed by atoms with Crippen LogP contribution in [0, 0.1) is 20.8 Å². The number of rotatable bonds is 10. The zero-order valence-electron chi connectivity index (χ0n) is 78.1. The summed E-state index contributed by atoms with van der Waals surface area (Å²) in [4.78, 5) is 28.3. The maximum absolute atomic E-state index is 4.74. The number of aryl methyl sites for hydroxylation is 3. The van der Waals surface area contributed by atoms with Crippen molar-refractivity contribution in [3.8, 4) is 95.0 Å². The third kappa shape index (κ3) is 13.9. The fourth-order valence-electron chi connectivity index (χ4n) is 22.7. The minimum Gasteiger partial charge on any atom is -0.309 e. The predicted octanol–water partition coefficient (Wildman–Crippen LogP) is 34.8. The molecule has 0 spiro atoms. The molecule has 0 aliphatic carbocycles. The largest absolute Gasteiger partial charge is 0.309 e. The molecule has 664 valence electrons. The Kier molecular flexibility index (Phi) is 19.8. The maximum Gasteiger partial charge on any atom is 0.0971 e. The monoisotopic (exact) mass is 1810 g/mol. The lowest BCUT2D eigenvalue weighted by Gasteiger charge is -2.15. The van der Waals surface area contributed by atoms with E-state index in [1.165, 1.54) is 214 Å². The molecule has 23 aromatic carbocycles. The molecule has 0 bridgehead atoms. The molecule has 9 nitrogen and oxygen atoms in total. The molecule has 0 radical (unpaired) electrons. The highest BCUT2D eigenvalue weighted by Gasteiger charge is 2.24. The SMILES string of the molecule is Cc1cc(C)c(-n2c3ccccc3c3cc(-c4cccc(-c5ccc6c(c5)c5ccccc5c5nccnc65)c4)ccc32)c(C)c1.c1cc(-c2ccc3c(c2)c2ccccc2c2nccnc32)cc(-c2ccc3c(c2)c2ccccc2n3-c2cccc3ccccc23)c1.c1ccc(-c2ccc(-n3c4ccccc4c4cc(-c5cccc(-c6ccc7c(c6)c6ccccc6c6nccnc76)c5)ccc43)cc2)cc1. The highest BCUT2D eigenvalue weighted by molar-refractivity contribution is 6.27. The molecule has 0 amide bonds. The van der Waals surface area contributed by atoms with Gasteiger partial charge in [-0.3, -0.25) is 29.9 Å². The van der Waals surface area contributed by atoms with Crippen molar-refractivity contribution in [2.75, 3.05) is 0 Å². The van der Waals surface area contributed by atoms with Crippen LogP contribution in [0.25, 0.3) is 269 Å². The molecule has 9 heteroatoms. The van der Waals surface area contributed by atoms with Gasteiger partial charge in [-0.2, -0.15) is 0 Å². The summed E-state index contributed by atoms with van der Waals surface area (Å²) < 4.78 is 7.25. The Morgan fingerprint density at radius 2 is 0.408 bits per heavy atom. The standard InChI is InChI=1S/C46H29N3.C44H27N3.C43H31N3/c1-2-9-30(10-3-1)31-17-21-36(22-18-31)49-43-16-7-6-14-38(43)42-29-35(20-24-44(42)49)33-12-8-11-32(27-33)34-19-23-40-41(28-34)37-13-4-5-15-39(37)45-46(40)48-26-25-47-45;1-2-13-33-28(9-1)10-8-18-40(33)47-41-17-6-5-15-35(41)39-27-32(20-22-42(39)47)30-12-7-11-29(25-30)31-19-21-37-38(26-31)34-14-3-4-16-36(34)43-44(37)46-24-23-45-43;1-26-21-27(2)43(28(3)22-26)46-39-14-7-6-12-34(39)38-25-32(16-18-40(38)46)30-10-8-9-29(23-30)31-15-17-36-37(24-31)33-11-4-5-13-35(33)41-42(36)45-20-19-44-41/h1-29H;1-27H;4-25H,1-3H3. The van der Waals surface area contributed by atoms with Gasteiger partial charge in [-0.25, -0.2) is 0 Å². The number of nitrogens with zero attached hydrogens (tertiary/aromatic N) is 9. The Morgan fingerprint density at radius 1 is 0.155 bits per heavy atom. The van der Waals surface area contributed by atoms with Gasteiger partial charge < -0.3 is 13.7 Å². The van der Waals surface area contributed by atoms with E-state index in [1.54, 1.807) is 37.2 Å². The van der Waals surface area contributed by atoms with Gasteiger partial charge in [0, 0.05) is 113 Å². The van der Waals surface area contributed by atoms with Crippen LogP contribution in [0.5, 0.6) is 0 Å². The molecule has 29 aromatic rings. The minimum atomic E-state index is 0.941. The molecule has 142 heavy (non-hydrogen) atoms. The third-order valence-corrected chi connectivity index (χ3v) is 29.0. The first-order chi connectivity index (χ1) is 70.2. The van der Waals surface area contributed by atoms with Crippen LogP contribution < -0.4 is 0 Å². The van der Waals surface area contributed by atoms with E-state index in [2.05, 4.69) is 471 Å². The number of aromatic nitrogens is 9. The van der Waals surface area contributed by atoms with E-state index in [9.17, 15) is 0 Å². The Balaban J connectivity index is 0.000000107. The van der Waals surface area contributed by atoms with Crippen LogP contribution in [0.1, 0.15) is 16.7 Å². The summed E-state index contributed by atoms with van der Waals surface area (Å²) in [5.74, 6) is 0. The van der Waals surface area contributed by atoms with Crippen LogP contribution in [-0.2, 0) is 0 Å². The molecule has 0 saturated heterocycles. The lowest BCUT2D eigenvalue weighted by atomic mass is 9.94. The highest BCUT2D eigenvalue weighted by Crippen LogP contribution is 2.46. The molecule has 0 N–H and O–H groups in total. The molecule has 0 atom stereocenters. The maximum atomic E-state index is 4.74. The van der Waals surface area contributed by atoms with E-state index in [0.29, 0.717) is 0 Å². The molecular weight excluding hydrogens is 1720 g/mol. The van der Waals surface area contributed by atoms with Crippen LogP contribution in [0.3, 0.4) is 0 Å². The van der Waals surface area contributed by atoms with Crippen LogP contribution in [0.4, 0.5) is 0 Å². The average Bonchev–Trinajstić information content (AvgIpc) is 1.69. The lowest BCUT2D eigenvalue weighted by molar-refractivity contribution is 1.11. The fourth-order valence-corrected chi connectivity index (χ4v) is 22.7. The molecule has 0 fully saturated rings. The Morgan fingerprint density at radius 3 is 0.803 bits per heavy atom. The average molecular weight is 1810 g/mol. The van der Waals surface area contributed by atoms with Crippen molar-refractivity contribution < 1.29 is 0 Å². The van der Waals surface area contributed by atoms with Gasteiger partial charge in [0.25, 0.3) is 0 Å². The van der Waals surface area contributed by atoms with Gasteiger partial charge in [-0.1, -0.05) is 333 Å². The van der Waals surface area contributed by atoms with Crippen molar-refractivity contribution in [2.45, 2.75) is 20.8 Å². The van der Waals surface area contributed by atoms with Gasteiger partial charge in [0.2, 0.25) is 0 Å². The first-order valence-electron chi connectivity index (χ1n) is 48.5. The number of hydrogen-bond acceptors (Lipinski definition) is 6. The summed E-state index contributed by atoms with van der Waals surface area (Å²) in [6.45, 7) is 6.62. The molecule has 6 aromatic heterocycles. The second-order valence-corrected chi connectivity index (χ2v) is 37.3. The van der Waals surface area contributed by atoms with Crippen LogP contribution in [0.15, 0.2) is 474 Å². The highest BCUT2D eigenvalue weighted by atomic mass is 15.0. The van der Waals surface area contributed by atoms with Gasteiger partial charge in [-0.05, 0) is 257 Å². The lowest BCUT2D eigenvalue weighted by Crippen LogP contribution is -2.00. The second kappa shape index (κ2) is 33.9. The van der Waals surface area contributed by atoms with Crippen molar-refractivity contribution in [1.29, 1.82) is 0 Å². The van der Waals surface area contributed by atoms with Gasteiger partial charge >= 0.3 is 0 Å². The first-order valence-corrected chi connectivity index (χ1v) is 48.5. The summed E-state index contributed by atoms with van der Waals surface area (Å²) in [6.07, 6.45) is 10.7. The fraction of sp³-hybridized carbons (Fsp3) is 0.0226. The molecule has 29 rings (SSSR count). The van der Waals surface area contributed by atoms with Crippen molar-refractivity contribution in [3.63, 3.8) is 0 Å². The van der Waals surface area contributed by atoms with E-state index in [-0.39, 0.29) is 0 Å². The van der Waals surface area contributed by atoms with E-state index < -0.39 is 0 Å². The zero-order chi connectivity index (χ0) is 94.2. The van der Waals surface area contributed by atoms with E-state index >= 15 is 0 Å².